The number of rotatable bonds is 6. The van der Waals surface area contributed by atoms with Gasteiger partial charge in [-0.25, -0.2) is 0 Å². The first-order chi connectivity index (χ1) is 17.8. The smallest absolute Gasteiger partial charge is 0.369 e. The van der Waals surface area contributed by atoms with Crippen LogP contribution in [0.25, 0.3) is 0 Å². The Labute approximate surface area is 221 Å². The van der Waals surface area contributed by atoms with Crippen molar-refractivity contribution in [3.05, 3.63) is 104 Å². The number of alkyl halides is 3. The molecule has 3 aromatic carbocycles. The average Bonchev–Trinajstić information content (AvgIpc) is 3.63. The average molecular weight is 543 g/mol. The van der Waals surface area contributed by atoms with Crippen LogP contribution in [0.2, 0.25) is 5.02 Å². The lowest BCUT2D eigenvalue weighted by Crippen LogP contribution is -2.44. The van der Waals surface area contributed by atoms with Gasteiger partial charge in [-0.2, -0.15) is 13.2 Å². The summed E-state index contributed by atoms with van der Waals surface area (Å²) in [6.45, 7) is 1.89. The molecule has 1 unspecified atom stereocenters. The number of aryl methyl sites for hydroxylation is 1. The minimum atomic E-state index is -5.03. The summed E-state index contributed by atoms with van der Waals surface area (Å²) in [6, 6.07) is 16.2. The van der Waals surface area contributed by atoms with Gasteiger partial charge in [0.15, 0.2) is 0 Å². The molecule has 0 radical (unpaired) electrons. The molecule has 38 heavy (non-hydrogen) atoms. The van der Waals surface area contributed by atoms with E-state index >= 15 is 0 Å². The van der Waals surface area contributed by atoms with Crippen LogP contribution in [0.15, 0.2) is 66.7 Å². The maximum Gasteiger partial charge on any atom is 0.423 e. The summed E-state index contributed by atoms with van der Waals surface area (Å²) in [5.41, 5.74) is -3.77. The van der Waals surface area contributed by atoms with Gasteiger partial charge in [0.05, 0.1) is 4.92 Å². The van der Waals surface area contributed by atoms with Crippen LogP contribution in [-0.4, -0.2) is 21.5 Å². The van der Waals surface area contributed by atoms with Gasteiger partial charge < -0.3 is 10.4 Å². The molecule has 1 aliphatic rings. The fourth-order valence-electron chi connectivity index (χ4n) is 4.30. The summed E-state index contributed by atoms with van der Waals surface area (Å²) in [4.78, 5) is 23.3. The first kappa shape index (κ1) is 27.2. The number of benzene rings is 3. The third-order valence-corrected chi connectivity index (χ3v) is 6.82. The van der Waals surface area contributed by atoms with E-state index in [4.69, 9.17) is 11.6 Å². The second-order valence-corrected chi connectivity index (χ2v) is 9.76. The Balaban J connectivity index is 1.72. The van der Waals surface area contributed by atoms with Crippen LogP contribution in [0.3, 0.4) is 0 Å². The zero-order chi connectivity index (χ0) is 27.7. The minimum absolute atomic E-state index is 0.159. The summed E-state index contributed by atoms with van der Waals surface area (Å²) < 4.78 is 40.4. The normalized spacial score (nSPS) is 15.5. The van der Waals surface area contributed by atoms with Crippen molar-refractivity contribution < 1.29 is 28.0 Å². The molecule has 1 saturated carbocycles. The van der Waals surface area contributed by atoms with Crippen molar-refractivity contribution in [3.8, 4) is 11.8 Å². The van der Waals surface area contributed by atoms with Gasteiger partial charge in [0.2, 0.25) is 5.60 Å². The van der Waals surface area contributed by atoms with Gasteiger partial charge in [-0.1, -0.05) is 59.3 Å². The SMILES string of the molecule is Cc1ccc(C#CC(O)(CC2(c3ccccc3Cl)CC2)C(=O)Nc2ccc([N+](=O)[O-])c(C(F)(F)F)c2)cc1. The van der Waals surface area contributed by atoms with E-state index < -0.39 is 39.3 Å². The molecule has 4 rings (SSSR count). The number of nitro groups is 1. The number of carbonyl (C=O) groups is 1. The molecule has 1 amide bonds. The predicted octanol–water partition coefficient (Wildman–Crippen LogP) is 6.42. The van der Waals surface area contributed by atoms with Crippen molar-refractivity contribution >= 4 is 28.9 Å². The lowest BCUT2D eigenvalue weighted by atomic mass is 9.82. The highest BCUT2D eigenvalue weighted by molar-refractivity contribution is 6.31. The third-order valence-electron chi connectivity index (χ3n) is 6.49. The van der Waals surface area contributed by atoms with Gasteiger partial charge in [0, 0.05) is 34.2 Å². The number of hydrogen-bond donors (Lipinski definition) is 2. The maximum absolute atomic E-state index is 13.5. The van der Waals surface area contributed by atoms with Crippen molar-refractivity contribution in [3.63, 3.8) is 0 Å². The van der Waals surface area contributed by atoms with E-state index in [1.165, 1.54) is 0 Å². The van der Waals surface area contributed by atoms with Crippen molar-refractivity contribution in [2.45, 2.75) is 43.4 Å². The molecule has 1 fully saturated rings. The number of nitrogens with zero attached hydrogens (tertiary/aromatic N) is 1. The minimum Gasteiger partial charge on any atom is -0.369 e. The predicted molar refractivity (Wildman–Crippen MR) is 137 cm³/mol. The Kier molecular flexibility index (Phi) is 7.24. The van der Waals surface area contributed by atoms with E-state index in [0.29, 0.717) is 35.6 Å². The van der Waals surface area contributed by atoms with Crippen LogP contribution < -0.4 is 5.32 Å². The maximum atomic E-state index is 13.5. The Morgan fingerprint density at radius 3 is 2.37 bits per heavy atom. The summed E-state index contributed by atoms with van der Waals surface area (Å²) in [5, 5.41) is 25.4. The second kappa shape index (κ2) is 10.1. The van der Waals surface area contributed by atoms with Crippen LogP contribution in [0.1, 0.15) is 41.5 Å². The highest BCUT2D eigenvalue weighted by Gasteiger charge is 2.53. The quantitative estimate of drug-likeness (QED) is 0.214. The number of amides is 1. The van der Waals surface area contributed by atoms with Crippen molar-refractivity contribution in [2.75, 3.05) is 5.32 Å². The van der Waals surface area contributed by atoms with Gasteiger partial charge in [-0.15, -0.1) is 0 Å². The van der Waals surface area contributed by atoms with E-state index in [2.05, 4.69) is 17.2 Å². The molecule has 1 atom stereocenters. The Morgan fingerprint density at radius 1 is 1.13 bits per heavy atom. The second-order valence-electron chi connectivity index (χ2n) is 9.35. The van der Waals surface area contributed by atoms with Crippen molar-refractivity contribution in [2.24, 2.45) is 0 Å². The fraction of sp³-hybridized carbons (Fsp3) is 0.250. The topological polar surface area (TPSA) is 92.5 Å². The Morgan fingerprint density at radius 2 is 1.79 bits per heavy atom. The van der Waals surface area contributed by atoms with Crippen LogP contribution in [0, 0.1) is 28.9 Å². The molecule has 0 bridgehead atoms. The highest BCUT2D eigenvalue weighted by Crippen LogP contribution is 2.55. The Hall–Kier alpha value is -3.87. The third kappa shape index (κ3) is 5.82. The lowest BCUT2D eigenvalue weighted by Gasteiger charge is -2.28. The van der Waals surface area contributed by atoms with Gasteiger partial charge in [0.25, 0.3) is 11.6 Å². The van der Waals surface area contributed by atoms with E-state index in [9.17, 15) is 33.2 Å². The lowest BCUT2D eigenvalue weighted by molar-refractivity contribution is -0.388. The molecule has 6 nitrogen and oxygen atoms in total. The van der Waals surface area contributed by atoms with Crippen LogP contribution in [-0.2, 0) is 16.4 Å². The molecule has 0 heterocycles. The van der Waals surface area contributed by atoms with E-state index in [0.717, 1.165) is 17.2 Å². The van der Waals surface area contributed by atoms with E-state index in [1.54, 1.807) is 36.4 Å². The number of nitrogens with one attached hydrogen (secondary N) is 1. The number of hydrogen-bond acceptors (Lipinski definition) is 4. The number of carbonyl (C=O) groups excluding carboxylic acids is 1. The molecule has 0 spiro atoms. The number of nitro benzene ring substituents is 1. The van der Waals surface area contributed by atoms with Crippen LogP contribution in [0.4, 0.5) is 24.5 Å². The molecule has 0 aromatic heterocycles. The van der Waals surface area contributed by atoms with Gasteiger partial charge in [0.1, 0.15) is 5.56 Å². The number of aliphatic hydroxyl groups is 1. The zero-order valence-electron chi connectivity index (χ0n) is 20.1. The van der Waals surface area contributed by atoms with Crippen molar-refractivity contribution in [1.82, 2.24) is 0 Å². The molecule has 3 aromatic rings. The summed E-state index contributed by atoms with van der Waals surface area (Å²) in [7, 11) is 0. The van der Waals surface area contributed by atoms with Gasteiger partial charge >= 0.3 is 6.18 Å². The van der Waals surface area contributed by atoms with Crippen molar-refractivity contribution in [1.29, 1.82) is 0 Å². The highest BCUT2D eigenvalue weighted by atomic mass is 35.5. The van der Waals surface area contributed by atoms with Crippen LogP contribution in [0.5, 0.6) is 0 Å². The largest absolute Gasteiger partial charge is 0.423 e. The van der Waals surface area contributed by atoms with E-state index in [-0.39, 0.29) is 12.1 Å². The number of halogens is 4. The monoisotopic (exact) mass is 542 g/mol. The first-order valence-electron chi connectivity index (χ1n) is 11.6. The summed E-state index contributed by atoms with van der Waals surface area (Å²) in [6.07, 6.45) is -3.96. The fourth-order valence-corrected chi connectivity index (χ4v) is 4.64. The molecule has 10 heteroatoms. The Bertz CT molecular complexity index is 1460. The number of anilines is 1. The van der Waals surface area contributed by atoms with Gasteiger partial charge in [-0.05, 0) is 55.7 Å². The summed E-state index contributed by atoms with van der Waals surface area (Å²) >= 11 is 6.40. The summed E-state index contributed by atoms with van der Waals surface area (Å²) in [5.74, 6) is 4.37. The molecule has 0 saturated heterocycles. The standard InChI is InChI=1S/C28H22ClF3N2O4/c1-18-6-8-19(9-7-18)12-13-27(36,17-26(14-15-26)21-4-2-3-5-23(21)29)25(35)33-20-10-11-24(34(37)38)22(16-20)28(30,31)32/h2-11,16,36H,14-15,17H2,1H3,(H,33,35). The molecule has 2 N–H and O–H groups in total. The molecular weight excluding hydrogens is 521 g/mol. The first-order valence-corrected chi connectivity index (χ1v) is 12.0. The molecule has 0 aliphatic heterocycles. The molecule has 196 valence electrons. The molecule has 1 aliphatic carbocycles. The van der Waals surface area contributed by atoms with E-state index in [1.807, 2.05) is 19.1 Å². The van der Waals surface area contributed by atoms with Gasteiger partial charge in [-0.3, -0.25) is 14.9 Å². The zero-order valence-corrected chi connectivity index (χ0v) is 20.9. The molecular formula is C28H22ClF3N2O4. The van der Waals surface area contributed by atoms with Crippen LogP contribution >= 0.6 is 11.6 Å².